The molecule has 0 radical (unpaired) electrons. The van der Waals surface area contributed by atoms with Gasteiger partial charge in [0.25, 0.3) is 5.91 Å². The molecule has 0 fully saturated rings. The number of carbonyl (C=O) groups excluding carboxylic acids is 1. The number of nitrogens with zero attached hydrogens (tertiary/aromatic N) is 2. The third-order valence-electron chi connectivity index (χ3n) is 5.68. The molecule has 7 heteroatoms. The Labute approximate surface area is 186 Å². The fourth-order valence-electron chi connectivity index (χ4n) is 3.40. The molecule has 0 saturated heterocycles. The van der Waals surface area contributed by atoms with Crippen molar-refractivity contribution in [2.45, 2.75) is 24.5 Å². The van der Waals surface area contributed by atoms with Gasteiger partial charge in [-0.3, -0.25) is 19.9 Å². The zero-order valence-corrected chi connectivity index (χ0v) is 18.6. The van der Waals surface area contributed by atoms with E-state index in [4.69, 9.17) is 5.21 Å². The number of pyridine rings is 1. The number of nitrogens with one attached hydrogen (secondary N) is 1. The van der Waals surface area contributed by atoms with E-state index in [1.165, 1.54) is 17.4 Å². The topological polar surface area (TPSA) is 88.5 Å². The minimum Gasteiger partial charge on any atom is -0.616 e. The lowest BCUT2D eigenvalue weighted by Crippen LogP contribution is -2.51. The van der Waals surface area contributed by atoms with Crippen molar-refractivity contribution in [2.24, 2.45) is 0 Å². The molecule has 2 atom stereocenters. The molecule has 6 nitrogen and oxygen atoms in total. The highest BCUT2D eigenvalue weighted by Crippen LogP contribution is 2.25. The van der Waals surface area contributed by atoms with E-state index in [9.17, 15) is 9.35 Å². The molecule has 1 aromatic heterocycles. The molecule has 2 aromatic rings. The van der Waals surface area contributed by atoms with E-state index in [-0.39, 0.29) is 0 Å². The van der Waals surface area contributed by atoms with Crippen LogP contribution in [0.4, 0.5) is 0 Å². The maximum atomic E-state index is 12.0. The van der Waals surface area contributed by atoms with Crippen LogP contribution in [0.2, 0.25) is 0 Å². The first-order valence-electron chi connectivity index (χ1n) is 10.1. The molecule has 1 aliphatic rings. The van der Waals surface area contributed by atoms with Gasteiger partial charge in [-0.05, 0) is 59.9 Å². The summed E-state index contributed by atoms with van der Waals surface area (Å²) in [6, 6.07) is 12.1. The monoisotopic (exact) mass is 437 g/mol. The largest absolute Gasteiger partial charge is 0.616 e. The Balaban J connectivity index is 1.58. The van der Waals surface area contributed by atoms with Crippen LogP contribution in [0.1, 0.15) is 36.5 Å². The lowest BCUT2D eigenvalue weighted by Gasteiger charge is -2.32. The third-order valence-corrected chi connectivity index (χ3v) is 7.34. The van der Waals surface area contributed by atoms with Gasteiger partial charge in [0.15, 0.2) is 0 Å². The van der Waals surface area contributed by atoms with Crippen molar-refractivity contribution in [3.8, 4) is 11.8 Å². The molecule has 3 rings (SSSR count). The van der Waals surface area contributed by atoms with Crippen molar-refractivity contribution in [3.05, 3.63) is 71.6 Å². The molecule has 0 bridgehead atoms. The average Bonchev–Trinajstić information content (AvgIpc) is 2.82. The van der Waals surface area contributed by atoms with E-state index in [2.05, 4.69) is 39.9 Å². The molecule has 31 heavy (non-hydrogen) atoms. The number of amides is 1. The maximum absolute atomic E-state index is 12.0. The second-order valence-electron chi connectivity index (χ2n) is 7.72. The van der Waals surface area contributed by atoms with Crippen molar-refractivity contribution in [2.75, 3.05) is 25.9 Å². The Bertz CT molecular complexity index is 981. The molecule has 2 heterocycles. The summed E-state index contributed by atoms with van der Waals surface area (Å²) < 4.78 is 10.9. The highest BCUT2D eigenvalue weighted by atomic mass is 32.2. The maximum Gasteiger partial charge on any atom is 0.299 e. The average molecular weight is 438 g/mol. The summed E-state index contributed by atoms with van der Waals surface area (Å²) in [7, 11) is 0. The van der Waals surface area contributed by atoms with Crippen molar-refractivity contribution >= 4 is 22.7 Å². The van der Waals surface area contributed by atoms with Crippen molar-refractivity contribution in [1.29, 1.82) is 0 Å². The lowest BCUT2D eigenvalue weighted by molar-refractivity contribution is -0.131. The first-order valence-corrected chi connectivity index (χ1v) is 11.7. The van der Waals surface area contributed by atoms with Gasteiger partial charge in [0.2, 0.25) is 4.75 Å². The van der Waals surface area contributed by atoms with Gasteiger partial charge >= 0.3 is 0 Å². The highest BCUT2D eigenvalue weighted by molar-refractivity contribution is 7.92. The zero-order chi connectivity index (χ0) is 22.3. The van der Waals surface area contributed by atoms with Crippen LogP contribution in [-0.4, -0.2) is 56.2 Å². The van der Waals surface area contributed by atoms with Crippen molar-refractivity contribution in [3.63, 3.8) is 0 Å². The first-order chi connectivity index (χ1) is 14.9. The van der Waals surface area contributed by atoms with Gasteiger partial charge in [0.1, 0.15) is 0 Å². The SMILES string of the molecule is C[S+]([O-])C(C)(CCN1CC=C(c2ccc(C#Cc3cccnc3)cc2)CC1)C(=O)NO. The standard InChI is InChI=1S/C24H27N3O3S/c1-24(31(2)30,23(28)26-29)13-17-27-15-11-22(12-16-27)21-9-7-19(8-10-21)5-6-20-4-3-14-25-18-20/h3-4,7-11,14,18,29H,12-13,15-17H2,1-2H3,(H,26,28). The summed E-state index contributed by atoms with van der Waals surface area (Å²) in [6.45, 7) is 3.89. The molecule has 1 aromatic carbocycles. The third kappa shape index (κ3) is 5.96. The van der Waals surface area contributed by atoms with E-state index >= 15 is 0 Å². The predicted octanol–water partition coefficient (Wildman–Crippen LogP) is 2.60. The van der Waals surface area contributed by atoms with Gasteiger partial charge in [0, 0.05) is 49.6 Å². The van der Waals surface area contributed by atoms with Gasteiger partial charge in [-0.15, -0.1) is 0 Å². The van der Waals surface area contributed by atoms with E-state index in [1.54, 1.807) is 24.8 Å². The van der Waals surface area contributed by atoms with Crippen LogP contribution < -0.4 is 5.48 Å². The van der Waals surface area contributed by atoms with Crippen LogP contribution in [0.25, 0.3) is 5.57 Å². The van der Waals surface area contributed by atoms with Gasteiger partial charge in [0.05, 0.1) is 6.26 Å². The summed E-state index contributed by atoms with van der Waals surface area (Å²) >= 11 is -1.39. The quantitative estimate of drug-likeness (QED) is 0.314. The Morgan fingerprint density at radius 2 is 2.03 bits per heavy atom. The van der Waals surface area contributed by atoms with Crippen LogP contribution in [-0.2, 0) is 16.0 Å². The number of hydrogen-bond acceptors (Lipinski definition) is 5. The van der Waals surface area contributed by atoms with Gasteiger partial charge in [-0.25, -0.2) is 5.48 Å². The van der Waals surface area contributed by atoms with Crippen molar-refractivity contribution in [1.82, 2.24) is 15.4 Å². The Hall–Kier alpha value is -2.63. The summed E-state index contributed by atoms with van der Waals surface area (Å²) in [5.74, 6) is 5.67. The Morgan fingerprint density at radius 1 is 1.29 bits per heavy atom. The van der Waals surface area contributed by atoms with Gasteiger partial charge in [-0.1, -0.05) is 30.0 Å². The van der Waals surface area contributed by atoms with Crippen LogP contribution in [0.3, 0.4) is 0 Å². The number of carbonyl (C=O) groups is 1. The fraction of sp³-hybridized carbons (Fsp3) is 0.333. The molecule has 162 valence electrons. The fourth-order valence-corrected chi connectivity index (χ4v) is 4.09. The highest BCUT2D eigenvalue weighted by Gasteiger charge is 2.42. The zero-order valence-electron chi connectivity index (χ0n) is 17.8. The van der Waals surface area contributed by atoms with Crippen LogP contribution in [0.15, 0.2) is 54.9 Å². The van der Waals surface area contributed by atoms with Crippen LogP contribution in [0, 0.1) is 11.8 Å². The Morgan fingerprint density at radius 3 is 2.61 bits per heavy atom. The molecule has 0 spiro atoms. The van der Waals surface area contributed by atoms with Gasteiger partial charge in [-0.2, -0.15) is 0 Å². The van der Waals surface area contributed by atoms with Crippen LogP contribution >= 0.6 is 0 Å². The molecule has 1 amide bonds. The number of hydrogen-bond donors (Lipinski definition) is 2. The Kier molecular flexibility index (Phi) is 7.88. The molecule has 2 unspecified atom stereocenters. The molecule has 0 aliphatic carbocycles. The van der Waals surface area contributed by atoms with Gasteiger partial charge < -0.3 is 4.55 Å². The summed E-state index contributed by atoms with van der Waals surface area (Å²) in [4.78, 5) is 18.2. The summed E-state index contributed by atoms with van der Waals surface area (Å²) in [6.07, 6.45) is 8.49. The number of hydroxylamine groups is 1. The molecule has 0 saturated carbocycles. The van der Waals surface area contributed by atoms with Crippen molar-refractivity contribution < 1.29 is 14.6 Å². The van der Waals surface area contributed by atoms with Crippen LogP contribution in [0.5, 0.6) is 0 Å². The molecular formula is C24H27N3O3S. The number of benzene rings is 1. The normalized spacial score (nSPS) is 17.0. The first kappa shape index (κ1) is 23.0. The second kappa shape index (κ2) is 10.6. The minimum absolute atomic E-state index is 0.413. The van der Waals surface area contributed by atoms with E-state index in [1.807, 2.05) is 24.3 Å². The molecular weight excluding hydrogens is 410 g/mol. The number of rotatable bonds is 6. The predicted molar refractivity (Wildman–Crippen MR) is 123 cm³/mol. The second-order valence-corrected chi connectivity index (χ2v) is 9.53. The smallest absolute Gasteiger partial charge is 0.299 e. The molecule has 1 aliphatic heterocycles. The van der Waals surface area contributed by atoms with E-state index in [0.717, 1.165) is 30.6 Å². The minimum atomic E-state index is -1.39. The molecule has 2 N–H and O–H groups in total. The van der Waals surface area contributed by atoms with E-state index in [0.29, 0.717) is 13.0 Å². The lowest BCUT2D eigenvalue weighted by atomic mass is 9.98. The summed E-state index contributed by atoms with van der Waals surface area (Å²) in [5, 5.41) is 8.96. The van der Waals surface area contributed by atoms with E-state index < -0.39 is 21.8 Å². The summed E-state index contributed by atoms with van der Waals surface area (Å²) in [5.41, 5.74) is 5.97. The number of aromatic nitrogens is 1.